The highest BCUT2D eigenvalue weighted by molar-refractivity contribution is 5.85. The van der Waals surface area contributed by atoms with Crippen LogP contribution in [0.4, 0.5) is 0 Å². The molecular weight excluding hydrogens is 240 g/mol. The summed E-state index contributed by atoms with van der Waals surface area (Å²) in [6.45, 7) is 6.20. The zero-order valence-corrected chi connectivity index (χ0v) is 11.6. The van der Waals surface area contributed by atoms with Crippen LogP contribution in [0.5, 0.6) is 0 Å². The Kier molecular flexibility index (Phi) is 7.75. The number of ether oxygens (including phenoxy) is 1. The molecule has 1 saturated heterocycles. The Balaban J connectivity index is 0.00000256. The van der Waals surface area contributed by atoms with E-state index in [1.807, 2.05) is 6.92 Å². The van der Waals surface area contributed by atoms with Gasteiger partial charge in [0.25, 0.3) is 0 Å². The Hall–Kier alpha value is -0.320. The lowest BCUT2D eigenvalue weighted by Gasteiger charge is -2.26. The summed E-state index contributed by atoms with van der Waals surface area (Å²) in [4.78, 5) is 11.8. The predicted octanol–water partition coefficient (Wildman–Crippen LogP) is 1.47. The van der Waals surface area contributed by atoms with Gasteiger partial charge in [0.1, 0.15) is 0 Å². The van der Waals surface area contributed by atoms with Crippen molar-refractivity contribution < 1.29 is 9.53 Å². The van der Waals surface area contributed by atoms with Crippen LogP contribution < -0.4 is 11.1 Å². The minimum atomic E-state index is -0.722. The van der Waals surface area contributed by atoms with Crippen LogP contribution in [0.3, 0.4) is 0 Å². The summed E-state index contributed by atoms with van der Waals surface area (Å²) in [5, 5.41) is 2.96. The van der Waals surface area contributed by atoms with Gasteiger partial charge < -0.3 is 15.8 Å². The first kappa shape index (κ1) is 16.7. The number of carbonyl (C=O) groups is 1. The molecule has 0 aliphatic carbocycles. The van der Waals surface area contributed by atoms with Gasteiger partial charge in [-0.05, 0) is 32.1 Å². The first-order chi connectivity index (χ1) is 7.56. The number of amides is 1. The smallest absolute Gasteiger partial charge is 0.239 e. The van der Waals surface area contributed by atoms with Crippen molar-refractivity contribution in [3.63, 3.8) is 0 Å². The number of hydrogen-bond acceptors (Lipinski definition) is 3. The third kappa shape index (κ3) is 5.70. The summed E-state index contributed by atoms with van der Waals surface area (Å²) in [6, 6.07) is 0. The summed E-state index contributed by atoms with van der Waals surface area (Å²) in [5.41, 5.74) is 5.23. The highest BCUT2D eigenvalue weighted by Crippen LogP contribution is 2.14. The first-order valence-corrected chi connectivity index (χ1v) is 6.21. The fraction of sp³-hybridized carbons (Fsp3) is 0.917. The van der Waals surface area contributed by atoms with E-state index in [0.29, 0.717) is 5.92 Å². The molecule has 1 fully saturated rings. The summed E-state index contributed by atoms with van der Waals surface area (Å²) in [7, 11) is 0. The maximum atomic E-state index is 11.8. The zero-order chi connectivity index (χ0) is 12.0. The van der Waals surface area contributed by atoms with Crippen LogP contribution in [0.2, 0.25) is 0 Å². The number of halogens is 1. The van der Waals surface area contributed by atoms with Crippen LogP contribution in [0.1, 0.15) is 39.5 Å². The van der Waals surface area contributed by atoms with Crippen LogP contribution in [-0.4, -0.2) is 31.2 Å². The topological polar surface area (TPSA) is 64.4 Å². The van der Waals surface area contributed by atoms with Gasteiger partial charge in [-0.2, -0.15) is 0 Å². The van der Waals surface area contributed by atoms with Crippen LogP contribution in [0.25, 0.3) is 0 Å². The second-order valence-electron chi connectivity index (χ2n) is 4.93. The van der Waals surface area contributed by atoms with E-state index in [9.17, 15) is 4.79 Å². The van der Waals surface area contributed by atoms with E-state index in [1.54, 1.807) is 6.92 Å². The Morgan fingerprint density at radius 1 is 1.47 bits per heavy atom. The fourth-order valence-corrected chi connectivity index (χ4v) is 2.02. The molecule has 17 heavy (non-hydrogen) atoms. The molecule has 1 aliphatic rings. The summed E-state index contributed by atoms with van der Waals surface area (Å²) in [5.74, 6) is 0.524. The molecule has 1 unspecified atom stereocenters. The van der Waals surface area contributed by atoms with Crippen LogP contribution >= 0.6 is 12.4 Å². The van der Waals surface area contributed by atoms with Crippen molar-refractivity contribution in [2.45, 2.75) is 45.1 Å². The van der Waals surface area contributed by atoms with E-state index < -0.39 is 5.54 Å². The van der Waals surface area contributed by atoms with Crippen molar-refractivity contribution in [1.82, 2.24) is 5.32 Å². The normalized spacial score (nSPS) is 20.2. The van der Waals surface area contributed by atoms with Gasteiger partial charge in [-0.25, -0.2) is 0 Å². The molecule has 0 bridgehead atoms. The predicted molar refractivity (Wildman–Crippen MR) is 71.3 cm³/mol. The highest BCUT2D eigenvalue weighted by atomic mass is 35.5. The number of nitrogens with two attached hydrogens (primary N) is 1. The Bertz CT molecular complexity index is 229. The molecule has 0 radical (unpaired) electrons. The van der Waals surface area contributed by atoms with Crippen molar-refractivity contribution >= 4 is 18.3 Å². The molecule has 0 aromatic rings. The van der Waals surface area contributed by atoms with Gasteiger partial charge in [-0.15, -0.1) is 12.4 Å². The van der Waals surface area contributed by atoms with Gasteiger partial charge in [-0.1, -0.05) is 13.3 Å². The first-order valence-electron chi connectivity index (χ1n) is 6.21. The van der Waals surface area contributed by atoms with Crippen molar-refractivity contribution in [3.05, 3.63) is 0 Å². The standard InChI is InChI=1S/C12H24N2O2.ClH/c1-3-6-12(2,13)11(15)14-9-10-4-7-16-8-5-10;/h10H,3-9,13H2,1-2H3,(H,14,15);1H. The van der Waals surface area contributed by atoms with Crippen molar-refractivity contribution in [2.75, 3.05) is 19.8 Å². The summed E-state index contributed by atoms with van der Waals surface area (Å²) in [6.07, 6.45) is 3.73. The van der Waals surface area contributed by atoms with E-state index in [4.69, 9.17) is 10.5 Å². The lowest BCUT2D eigenvalue weighted by molar-refractivity contribution is -0.126. The Morgan fingerprint density at radius 3 is 2.59 bits per heavy atom. The number of rotatable bonds is 5. The molecule has 4 nitrogen and oxygen atoms in total. The minimum absolute atomic E-state index is 0. The van der Waals surface area contributed by atoms with E-state index in [2.05, 4.69) is 5.32 Å². The van der Waals surface area contributed by atoms with Crippen molar-refractivity contribution in [1.29, 1.82) is 0 Å². The third-order valence-corrected chi connectivity index (χ3v) is 3.18. The molecule has 102 valence electrons. The molecule has 0 aromatic heterocycles. The summed E-state index contributed by atoms with van der Waals surface area (Å²) < 4.78 is 5.27. The lowest BCUT2D eigenvalue weighted by atomic mass is 9.95. The van der Waals surface area contributed by atoms with Crippen LogP contribution in [0.15, 0.2) is 0 Å². The largest absolute Gasteiger partial charge is 0.381 e. The number of nitrogens with one attached hydrogen (secondary N) is 1. The second kappa shape index (κ2) is 7.90. The molecule has 0 spiro atoms. The maximum absolute atomic E-state index is 11.8. The average molecular weight is 265 g/mol. The molecule has 1 heterocycles. The van der Waals surface area contributed by atoms with Gasteiger partial charge in [0.15, 0.2) is 0 Å². The lowest BCUT2D eigenvalue weighted by Crippen LogP contribution is -2.52. The van der Waals surface area contributed by atoms with Crippen LogP contribution in [-0.2, 0) is 9.53 Å². The van der Waals surface area contributed by atoms with Crippen molar-refractivity contribution in [2.24, 2.45) is 11.7 Å². The SMILES string of the molecule is CCCC(C)(N)C(=O)NCC1CCOCC1.Cl. The van der Waals surface area contributed by atoms with Gasteiger partial charge in [0, 0.05) is 19.8 Å². The van der Waals surface area contributed by atoms with E-state index in [-0.39, 0.29) is 18.3 Å². The maximum Gasteiger partial charge on any atom is 0.239 e. The molecule has 0 aromatic carbocycles. The third-order valence-electron chi connectivity index (χ3n) is 3.18. The Labute approximate surface area is 110 Å². The zero-order valence-electron chi connectivity index (χ0n) is 10.8. The van der Waals surface area contributed by atoms with Gasteiger partial charge >= 0.3 is 0 Å². The molecule has 0 saturated carbocycles. The molecule has 5 heteroatoms. The van der Waals surface area contributed by atoms with E-state index in [0.717, 1.165) is 45.4 Å². The fourth-order valence-electron chi connectivity index (χ4n) is 2.02. The highest BCUT2D eigenvalue weighted by Gasteiger charge is 2.27. The summed E-state index contributed by atoms with van der Waals surface area (Å²) >= 11 is 0. The monoisotopic (exact) mass is 264 g/mol. The molecule has 1 rings (SSSR count). The Morgan fingerprint density at radius 2 is 2.06 bits per heavy atom. The minimum Gasteiger partial charge on any atom is -0.381 e. The molecule has 3 N–H and O–H groups in total. The van der Waals surface area contributed by atoms with Crippen LogP contribution in [0, 0.1) is 5.92 Å². The average Bonchev–Trinajstić information content (AvgIpc) is 2.27. The number of carbonyl (C=O) groups excluding carboxylic acids is 1. The van der Waals surface area contributed by atoms with E-state index in [1.165, 1.54) is 0 Å². The molecule has 1 amide bonds. The molecule has 1 aliphatic heterocycles. The van der Waals surface area contributed by atoms with Crippen molar-refractivity contribution in [3.8, 4) is 0 Å². The molecular formula is C12H25ClN2O2. The van der Waals surface area contributed by atoms with E-state index >= 15 is 0 Å². The van der Waals surface area contributed by atoms with Gasteiger partial charge in [0.05, 0.1) is 5.54 Å². The quantitative estimate of drug-likeness (QED) is 0.790. The van der Waals surface area contributed by atoms with Gasteiger partial charge in [-0.3, -0.25) is 4.79 Å². The molecule has 1 atom stereocenters. The number of hydrogen-bond donors (Lipinski definition) is 2. The van der Waals surface area contributed by atoms with Gasteiger partial charge in [0.2, 0.25) is 5.91 Å². The second-order valence-corrected chi connectivity index (χ2v) is 4.93.